The van der Waals surface area contributed by atoms with Gasteiger partial charge in [-0.2, -0.15) is 0 Å². The summed E-state index contributed by atoms with van der Waals surface area (Å²) >= 11 is 3.20. The Bertz CT molecular complexity index is 531. The van der Waals surface area contributed by atoms with Crippen LogP contribution in [0.2, 0.25) is 0 Å². The molecule has 0 aromatic carbocycles. The SMILES string of the molecule is CCCCc1nc(-c2ccc(CC(=O)O)s2)cs1. The van der Waals surface area contributed by atoms with Crippen LogP contribution in [0.1, 0.15) is 29.7 Å². The maximum absolute atomic E-state index is 10.6. The van der Waals surface area contributed by atoms with Crippen molar-refractivity contribution in [3.05, 3.63) is 27.4 Å². The van der Waals surface area contributed by atoms with E-state index in [-0.39, 0.29) is 6.42 Å². The highest BCUT2D eigenvalue weighted by atomic mass is 32.1. The van der Waals surface area contributed by atoms with E-state index in [1.807, 2.05) is 12.1 Å². The van der Waals surface area contributed by atoms with Gasteiger partial charge in [0, 0.05) is 10.3 Å². The van der Waals surface area contributed by atoms with Crippen LogP contribution in [-0.4, -0.2) is 16.1 Å². The highest BCUT2D eigenvalue weighted by molar-refractivity contribution is 7.16. The lowest BCUT2D eigenvalue weighted by Crippen LogP contribution is -1.96. The summed E-state index contributed by atoms with van der Waals surface area (Å²) in [5, 5.41) is 12.0. The van der Waals surface area contributed by atoms with E-state index in [0.717, 1.165) is 21.9 Å². The Morgan fingerprint density at radius 2 is 2.28 bits per heavy atom. The highest BCUT2D eigenvalue weighted by Gasteiger charge is 2.09. The van der Waals surface area contributed by atoms with Crippen molar-refractivity contribution in [2.75, 3.05) is 0 Å². The van der Waals surface area contributed by atoms with Gasteiger partial charge in [-0.3, -0.25) is 4.79 Å². The Morgan fingerprint density at radius 3 is 3.00 bits per heavy atom. The van der Waals surface area contributed by atoms with Crippen LogP contribution >= 0.6 is 22.7 Å². The molecule has 0 spiro atoms. The van der Waals surface area contributed by atoms with Gasteiger partial charge < -0.3 is 5.11 Å². The number of hydrogen-bond donors (Lipinski definition) is 1. The number of aryl methyl sites for hydroxylation is 1. The van der Waals surface area contributed by atoms with Gasteiger partial charge >= 0.3 is 5.97 Å². The van der Waals surface area contributed by atoms with E-state index in [4.69, 9.17) is 5.11 Å². The quantitative estimate of drug-likeness (QED) is 0.875. The molecule has 0 unspecified atom stereocenters. The summed E-state index contributed by atoms with van der Waals surface area (Å²) in [6, 6.07) is 3.83. The van der Waals surface area contributed by atoms with Crippen molar-refractivity contribution in [1.82, 2.24) is 4.98 Å². The molecule has 2 aromatic heterocycles. The van der Waals surface area contributed by atoms with E-state index in [1.165, 1.54) is 29.2 Å². The lowest BCUT2D eigenvalue weighted by atomic mass is 10.3. The first-order valence-electron chi connectivity index (χ1n) is 5.94. The van der Waals surface area contributed by atoms with Crippen LogP contribution < -0.4 is 0 Å². The largest absolute Gasteiger partial charge is 0.481 e. The summed E-state index contributed by atoms with van der Waals surface area (Å²) in [4.78, 5) is 17.2. The van der Waals surface area contributed by atoms with Crippen molar-refractivity contribution in [2.24, 2.45) is 0 Å². The molecule has 0 saturated carbocycles. The van der Waals surface area contributed by atoms with E-state index in [0.29, 0.717) is 0 Å². The van der Waals surface area contributed by atoms with Gasteiger partial charge in [0.05, 0.1) is 22.0 Å². The molecule has 0 atom stereocenters. The van der Waals surface area contributed by atoms with Gasteiger partial charge in [-0.05, 0) is 25.0 Å². The minimum Gasteiger partial charge on any atom is -0.481 e. The van der Waals surface area contributed by atoms with Crippen molar-refractivity contribution in [2.45, 2.75) is 32.6 Å². The number of carboxylic acids is 1. The molecule has 0 aliphatic heterocycles. The molecular formula is C13H15NO2S2. The van der Waals surface area contributed by atoms with Crippen molar-refractivity contribution < 1.29 is 9.90 Å². The summed E-state index contributed by atoms with van der Waals surface area (Å²) in [7, 11) is 0. The second kappa shape index (κ2) is 6.11. The number of rotatable bonds is 6. The number of carboxylic acid groups (broad SMARTS) is 1. The minimum atomic E-state index is -0.787. The second-order valence-electron chi connectivity index (χ2n) is 4.07. The number of hydrogen-bond acceptors (Lipinski definition) is 4. The number of unbranched alkanes of at least 4 members (excludes halogenated alkanes) is 1. The normalized spacial score (nSPS) is 10.7. The van der Waals surface area contributed by atoms with Crippen LogP contribution in [0.4, 0.5) is 0 Å². The van der Waals surface area contributed by atoms with Gasteiger partial charge in [0.2, 0.25) is 0 Å². The molecule has 0 bridgehead atoms. The fraction of sp³-hybridized carbons (Fsp3) is 0.385. The zero-order valence-electron chi connectivity index (χ0n) is 10.2. The van der Waals surface area contributed by atoms with Crippen molar-refractivity contribution in [3.63, 3.8) is 0 Å². The van der Waals surface area contributed by atoms with Gasteiger partial charge in [-0.15, -0.1) is 22.7 Å². The summed E-state index contributed by atoms with van der Waals surface area (Å²) in [5.74, 6) is -0.787. The Morgan fingerprint density at radius 1 is 1.44 bits per heavy atom. The molecule has 0 aliphatic rings. The summed E-state index contributed by atoms with van der Waals surface area (Å²) in [6.45, 7) is 2.17. The highest BCUT2D eigenvalue weighted by Crippen LogP contribution is 2.29. The number of nitrogens with zero attached hydrogens (tertiary/aromatic N) is 1. The van der Waals surface area contributed by atoms with Crippen molar-refractivity contribution in [1.29, 1.82) is 0 Å². The van der Waals surface area contributed by atoms with E-state index < -0.39 is 5.97 Å². The first-order chi connectivity index (χ1) is 8.69. The Kier molecular flexibility index (Phi) is 4.49. The molecule has 2 rings (SSSR count). The van der Waals surface area contributed by atoms with E-state index >= 15 is 0 Å². The number of thiazole rings is 1. The van der Waals surface area contributed by atoms with Gasteiger partial charge in [0.25, 0.3) is 0 Å². The predicted molar refractivity (Wildman–Crippen MR) is 75.4 cm³/mol. The van der Waals surface area contributed by atoms with Crippen LogP contribution in [-0.2, 0) is 17.6 Å². The average Bonchev–Trinajstić information content (AvgIpc) is 2.94. The standard InChI is InChI=1S/C13H15NO2S2/c1-2-3-4-12-14-10(8-17-12)11-6-5-9(18-11)7-13(15)16/h5-6,8H,2-4,7H2,1H3,(H,15,16). The van der Waals surface area contributed by atoms with Gasteiger partial charge in [0.15, 0.2) is 0 Å². The number of thiophene rings is 1. The molecule has 0 saturated heterocycles. The number of carbonyl (C=O) groups is 1. The average molecular weight is 281 g/mol. The first-order valence-corrected chi connectivity index (χ1v) is 7.64. The third kappa shape index (κ3) is 3.40. The molecule has 3 nitrogen and oxygen atoms in total. The Labute approximate surface area is 114 Å². The molecule has 0 radical (unpaired) electrons. The van der Waals surface area contributed by atoms with Crippen molar-refractivity contribution >= 4 is 28.6 Å². The lowest BCUT2D eigenvalue weighted by Gasteiger charge is -1.92. The molecule has 5 heteroatoms. The smallest absolute Gasteiger partial charge is 0.308 e. The maximum atomic E-state index is 10.6. The van der Waals surface area contributed by atoms with E-state index in [2.05, 4.69) is 17.3 Å². The monoisotopic (exact) mass is 281 g/mol. The van der Waals surface area contributed by atoms with Gasteiger partial charge in [0.1, 0.15) is 0 Å². The molecule has 96 valence electrons. The van der Waals surface area contributed by atoms with E-state index in [1.54, 1.807) is 11.3 Å². The third-order valence-electron chi connectivity index (χ3n) is 2.54. The van der Waals surface area contributed by atoms with Crippen LogP contribution in [0.3, 0.4) is 0 Å². The molecule has 0 aliphatic carbocycles. The second-order valence-corrected chi connectivity index (χ2v) is 6.18. The molecule has 18 heavy (non-hydrogen) atoms. The lowest BCUT2D eigenvalue weighted by molar-refractivity contribution is -0.136. The molecule has 2 aromatic rings. The van der Waals surface area contributed by atoms with Crippen LogP contribution in [0, 0.1) is 0 Å². The Hall–Kier alpha value is -1.20. The number of aliphatic carboxylic acids is 1. The molecular weight excluding hydrogens is 266 g/mol. The molecule has 1 N–H and O–H groups in total. The Balaban J connectivity index is 2.08. The fourth-order valence-electron chi connectivity index (χ4n) is 1.63. The van der Waals surface area contributed by atoms with Crippen LogP contribution in [0.25, 0.3) is 10.6 Å². The van der Waals surface area contributed by atoms with Gasteiger partial charge in [-0.1, -0.05) is 13.3 Å². The van der Waals surface area contributed by atoms with Gasteiger partial charge in [-0.25, -0.2) is 4.98 Å². The van der Waals surface area contributed by atoms with Crippen molar-refractivity contribution in [3.8, 4) is 10.6 Å². The molecule has 0 fully saturated rings. The molecule has 0 amide bonds. The molecule has 2 heterocycles. The predicted octanol–water partition coefficient (Wildman–Crippen LogP) is 3.84. The van der Waals surface area contributed by atoms with E-state index in [9.17, 15) is 4.79 Å². The number of aromatic nitrogens is 1. The zero-order valence-corrected chi connectivity index (χ0v) is 11.8. The summed E-state index contributed by atoms with van der Waals surface area (Å²) < 4.78 is 0. The summed E-state index contributed by atoms with van der Waals surface area (Å²) in [6.07, 6.45) is 3.48. The topological polar surface area (TPSA) is 50.2 Å². The van der Waals surface area contributed by atoms with Crippen LogP contribution in [0.15, 0.2) is 17.5 Å². The minimum absolute atomic E-state index is 0.0947. The van der Waals surface area contributed by atoms with Crippen LogP contribution in [0.5, 0.6) is 0 Å². The summed E-state index contributed by atoms with van der Waals surface area (Å²) in [5.41, 5.74) is 0.979. The fourth-order valence-corrected chi connectivity index (χ4v) is 3.50. The zero-order chi connectivity index (χ0) is 13.0. The first kappa shape index (κ1) is 13.2. The maximum Gasteiger partial charge on any atom is 0.308 e. The third-order valence-corrected chi connectivity index (χ3v) is 4.55.